The largest absolute Gasteiger partial charge is 0.506 e. The summed E-state index contributed by atoms with van der Waals surface area (Å²) in [5.74, 6) is 3.74. The Kier molecular flexibility index (Phi) is 10.0. The number of ether oxygens (including phenoxy) is 3. The van der Waals surface area contributed by atoms with Crippen molar-refractivity contribution in [3.8, 4) is 36.2 Å². The smallest absolute Gasteiger partial charge is 0.431 e. The molecule has 1 aliphatic heterocycles. The number of amides is 1. The Morgan fingerprint density at radius 2 is 2.02 bits per heavy atom. The lowest BCUT2D eigenvalue weighted by molar-refractivity contribution is -0.289. The molecule has 1 saturated heterocycles. The normalized spacial score (nSPS) is 24.1. The number of aryl methyl sites for hydroxylation is 1. The standard InChI is InChI=1S/C29H32N2O10/c1-8-13-29(7)17(5)25(40-28(35)31-37-15-10-3)23(33)27(41-29)38-20-12-11-19-22(32)21(18(6)30-36-14-9-2)26(34)39-24(19)16(20)4/h2-3,8,11-12,17,23,25,27,32-33H,1,13-15H2,4-7H3,(H,31,35)/b30-18+/t17?,23?,25?,27?,29-/m0/s1. The predicted octanol–water partition coefficient (Wildman–Crippen LogP) is 2.91. The number of hydrogen-bond acceptors (Lipinski definition) is 11. The third kappa shape index (κ3) is 6.64. The minimum Gasteiger partial charge on any atom is -0.506 e. The Morgan fingerprint density at radius 1 is 1.32 bits per heavy atom. The number of rotatable bonds is 10. The molecule has 4 unspecified atom stereocenters. The number of benzene rings is 1. The van der Waals surface area contributed by atoms with Gasteiger partial charge in [-0.15, -0.1) is 19.4 Å². The highest BCUT2D eigenvalue weighted by atomic mass is 16.7. The fourth-order valence-electron chi connectivity index (χ4n) is 4.46. The van der Waals surface area contributed by atoms with Gasteiger partial charge in [-0.05, 0) is 39.3 Å². The molecular formula is C29H32N2O10. The van der Waals surface area contributed by atoms with Crippen molar-refractivity contribution in [2.24, 2.45) is 11.1 Å². The first-order chi connectivity index (χ1) is 19.5. The van der Waals surface area contributed by atoms with Gasteiger partial charge in [-0.2, -0.15) is 5.48 Å². The zero-order valence-electron chi connectivity index (χ0n) is 23.1. The van der Waals surface area contributed by atoms with E-state index >= 15 is 0 Å². The quantitative estimate of drug-likeness (QED) is 0.0972. The third-order valence-electron chi connectivity index (χ3n) is 6.76. The van der Waals surface area contributed by atoms with Crippen molar-refractivity contribution in [3.63, 3.8) is 0 Å². The van der Waals surface area contributed by atoms with Crippen LogP contribution in [0.25, 0.3) is 11.0 Å². The van der Waals surface area contributed by atoms with Crippen molar-refractivity contribution in [1.29, 1.82) is 0 Å². The number of hydroxylamine groups is 1. The van der Waals surface area contributed by atoms with Crippen LogP contribution in [-0.2, 0) is 19.1 Å². The molecular weight excluding hydrogens is 536 g/mol. The van der Waals surface area contributed by atoms with Crippen LogP contribution in [0.1, 0.15) is 38.3 Å². The Balaban J connectivity index is 1.96. The number of carbonyl (C=O) groups excluding carboxylic acids is 1. The van der Waals surface area contributed by atoms with Crippen LogP contribution in [0.3, 0.4) is 0 Å². The summed E-state index contributed by atoms with van der Waals surface area (Å²) in [6, 6.07) is 2.98. The molecule has 41 heavy (non-hydrogen) atoms. The van der Waals surface area contributed by atoms with E-state index in [0.29, 0.717) is 12.0 Å². The van der Waals surface area contributed by atoms with Crippen molar-refractivity contribution in [3.05, 3.63) is 46.3 Å². The molecule has 0 aliphatic carbocycles. The Labute approximate surface area is 236 Å². The van der Waals surface area contributed by atoms with Gasteiger partial charge in [-0.25, -0.2) is 9.59 Å². The summed E-state index contributed by atoms with van der Waals surface area (Å²) in [4.78, 5) is 34.8. The molecule has 0 radical (unpaired) electrons. The molecule has 12 nitrogen and oxygen atoms in total. The van der Waals surface area contributed by atoms with Gasteiger partial charge in [0.1, 0.15) is 35.4 Å². The first-order valence-electron chi connectivity index (χ1n) is 12.5. The van der Waals surface area contributed by atoms with Crippen molar-refractivity contribution in [2.45, 2.75) is 58.2 Å². The molecule has 0 saturated carbocycles. The summed E-state index contributed by atoms with van der Waals surface area (Å²) in [5, 5.41) is 26.0. The van der Waals surface area contributed by atoms with E-state index in [0.717, 1.165) is 0 Å². The van der Waals surface area contributed by atoms with E-state index in [4.69, 9.17) is 41.1 Å². The molecule has 2 aromatic rings. The van der Waals surface area contributed by atoms with Crippen LogP contribution in [0.2, 0.25) is 0 Å². The van der Waals surface area contributed by atoms with Gasteiger partial charge in [0.15, 0.2) is 12.7 Å². The van der Waals surface area contributed by atoms with E-state index in [-0.39, 0.29) is 47.0 Å². The Bertz CT molecular complexity index is 1470. The summed E-state index contributed by atoms with van der Waals surface area (Å²) < 4.78 is 23.2. The molecule has 1 aromatic heterocycles. The number of aliphatic hydroxyl groups excluding tert-OH is 1. The maximum atomic E-state index is 12.8. The number of nitrogens with zero attached hydrogens (tertiary/aromatic N) is 1. The summed E-state index contributed by atoms with van der Waals surface area (Å²) >= 11 is 0. The van der Waals surface area contributed by atoms with Crippen molar-refractivity contribution >= 4 is 22.8 Å². The monoisotopic (exact) mass is 568 g/mol. The topological polar surface area (TPSA) is 158 Å². The molecule has 0 spiro atoms. The number of hydrogen-bond donors (Lipinski definition) is 3. The molecule has 1 aromatic carbocycles. The van der Waals surface area contributed by atoms with Crippen LogP contribution in [0.4, 0.5) is 4.79 Å². The molecule has 1 fully saturated rings. The van der Waals surface area contributed by atoms with Crippen molar-refractivity contribution in [2.75, 3.05) is 13.2 Å². The van der Waals surface area contributed by atoms with E-state index < -0.39 is 41.7 Å². The van der Waals surface area contributed by atoms with Crippen LogP contribution in [0.15, 0.2) is 39.2 Å². The Morgan fingerprint density at radius 3 is 2.68 bits per heavy atom. The number of fused-ring (bicyclic) bond motifs is 1. The van der Waals surface area contributed by atoms with Gasteiger partial charge in [0.25, 0.3) is 0 Å². The second kappa shape index (κ2) is 13.2. The first kappa shape index (κ1) is 31.0. The zero-order chi connectivity index (χ0) is 30.3. The van der Waals surface area contributed by atoms with Crippen LogP contribution in [0, 0.1) is 37.5 Å². The maximum Gasteiger partial charge on any atom is 0.431 e. The lowest BCUT2D eigenvalue weighted by atomic mass is 9.79. The van der Waals surface area contributed by atoms with E-state index in [2.05, 4.69) is 29.1 Å². The molecule has 0 bridgehead atoms. The highest BCUT2D eigenvalue weighted by molar-refractivity contribution is 6.04. The lowest BCUT2D eigenvalue weighted by Crippen LogP contribution is -2.62. The molecule has 12 heteroatoms. The number of terminal acetylenes is 2. The number of aliphatic hydroxyl groups is 1. The molecule has 2 heterocycles. The summed E-state index contributed by atoms with van der Waals surface area (Å²) in [7, 11) is 0. The summed E-state index contributed by atoms with van der Waals surface area (Å²) in [5.41, 5.74) is 0.480. The lowest BCUT2D eigenvalue weighted by Gasteiger charge is -2.48. The molecule has 5 atom stereocenters. The number of carbonyl (C=O) groups is 1. The van der Waals surface area contributed by atoms with Gasteiger partial charge in [-0.1, -0.05) is 30.0 Å². The average molecular weight is 569 g/mol. The van der Waals surface area contributed by atoms with Crippen molar-refractivity contribution in [1.82, 2.24) is 5.48 Å². The van der Waals surface area contributed by atoms with Crippen LogP contribution < -0.4 is 15.8 Å². The SMILES string of the molecule is C#CCO/N=C(\C)c1c(O)c2ccc(OC3O[C@@](C)(CC=C)C(C)C(OC(=O)NOCC#C)C3O)c(C)c2oc1=O. The first-order valence-corrected chi connectivity index (χ1v) is 12.5. The van der Waals surface area contributed by atoms with E-state index in [9.17, 15) is 19.8 Å². The van der Waals surface area contributed by atoms with Gasteiger partial charge < -0.3 is 33.7 Å². The maximum absolute atomic E-state index is 12.8. The van der Waals surface area contributed by atoms with Crippen LogP contribution in [0.5, 0.6) is 11.5 Å². The average Bonchev–Trinajstić information content (AvgIpc) is 2.92. The molecule has 3 N–H and O–H groups in total. The van der Waals surface area contributed by atoms with Gasteiger partial charge in [0.05, 0.1) is 16.7 Å². The second-order valence-corrected chi connectivity index (χ2v) is 9.49. The molecule has 218 valence electrons. The van der Waals surface area contributed by atoms with Crippen LogP contribution >= 0.6 is 0 Å². The Hall–Kier alpha value is -4.49. The molecule has 1 amide bonds. The van der Waals surface area contributed by atoms with Gasteiger partial charge in [-0.3, -0.25) is 4.84 Å². The number of aromatic hydroxyl groups is 1. The highest BCUT2D eigenvalue weighted by Gasteiger charge is 2.52. The van der Waals surface area contributed by atoms with Gasteiger partial charge in [0.2, 0.25) is 6.29 Å². The predicted molar refractivity (Wildman–Crippen MR) is 148 cm³/mol. The number of oxime groups is 1. The van der Waals surface area contributed by atoms with Crippen LogP contribution in [-0.4, -0.2) is 59.3 Å². The van der Waals surface area contributed by atoms with Gasteiger partial charge in [0, 0.05) is 11.5 Å². The highest BCUT2D eigenvalue weighted by Crippen LogP contribution is 2.41. The zero-order valence-corrected chi connectivity index (χ0v) is 23.1. The second-order valence-electron chi connectivity index (χ2n) is 9.49. The molecule has 1 aliphatic rings. The van der Waals surface area contributed by atoms with E-state index in [1.165, 1.54) is 19.1 Å². The minimum absolute atomic E-state index is 0.0384. The van der Waals surface area contributed by atoms with Gasteiger partial charge >= 0.3 is 11.7 Å². The summed E-state index contributed by atoms with van der Waals surface area (Å²) in [6.07, 6.45) is 7.40. The fraction of sp³-hybridized carbons (Fsp3) is 0.414. The fourth-order valence-corrected chi connectivity index (χ4v) is 4.46. The summed E-state index contributed by atoms with van der Waals surface area (Å²) in [6.45, 7) is 10.1. The molecule has 3 rings (SSSR count). The number of nitrogens with one attached hydrogen (secondary N) is 1. The minimum atomic E-state index is -1.44. The van der Waals surface area contributed by atoms with E-state index in [1.807, 2.05) is 0 Å². The third-order valence-corrected chi connectivity index (χ3v) is 6.76. The van der Waals surface area contributed by atoms with E-state index in [1.54, 1.807) is 26.8 Å². The van der Waals surface area contributed by atoms with Crippen molar-refractivity contribution < 1.29 is 43.3 Å².